The Morgan fingerprint density at radius 3 is 2.47 bits per heavy atom. The summed E-state index contributed by atoms with van der Waals surface area (Å²) in [5.74, 6) is 0.808. The zero-order valence-electron chi connectivity index (χ0n) is 9.83. The fourth-order valence-electron chi connectivity index (χ4n) is 1.78. The molecule has 0 fully saturated rings. The van der Waals surface area contributed by atoms with Gasteiger partial charge in [-0.2, -0.15) is 0 Å². The quantitative estimate of drug-likeness (QED) is 0.817. The number of rotatable bonds is 2. The number of benzene rings is 2. The summed E-state index contributed by atoms with van der Waals surface area (Å²) < 4.78 is 5.35. The predicted octanol–water partition coefficient (Wildman–Crippen LogP) is 3.91. The van der Waals surface area contributed by atoms with Crippen LogP contribution in [0.3, 0.4) is 0 Å². The molecular weight excluding hydrogens is 234 g/mol. The summed E-state index contributed by atoms with van der Waals surface area (Å²) in [5.41, 5.74) is 9.42. The molecule has 2 nitrogen and oxygen atoms in total. The average Bonchev–Trinajstić information content (AvgIpc) is 2.29. The lowest BCUT2D eigenvalue weighted by molar-refractivity contribution is 0.416. The van der Waals surface area contributed by atoms with E-state index in [2.05, 4.69) is 6.07 Å². The van der Waals surface area contributed by atoms with E-state index < -0.39 is 0 Å². The van der Waals surface area contributed by atoms with Crippen molar-refractivity contribution in [2.45, 2.75) is 6.92 Å². The highest BCUT2D eigenvalue weighted by atomic mass is 35.5. The maximum Gasteiger partial charge on any atom is 0.126 e. The van der Waals surface area contributed by atoms with Gasteiger partial charge in [-0.1, -0.05) is 29.3 Å². The van der Waals surface area contributed by atoms with Crippen LogP contribution in [0.2, 0.25) is 5.02 Å². The van der Waals surface area contributed by atoms with Gasteiger partial charge in [0.15, 0.2) is 0 Å². The molecular formula is C14H14ClNO. The second kappa shape index (κ2) is 4.68. The van der Waals surface area contributed by atoms with E-state index in [-0.39, 0.29) is 0 Å². The van der Waals surface area contributed by atoms with Gasteiger partial charge in [-0.25, -0.2) is 0 Å². The van der Waals surface area contributed by atoms with Crippen LogP contribution in [0.5, 0.6) is 5.75 Å². The average molecular weight is 248 g/mol. The van der Waals surface area contributed by atoms with E-state index in [1.807, 2.05) is 31.2 Å². The number of aryl methyl sites for hydroxylation is 1. The zero-order chi connectivity index (χ0) is 12.4. The standard InChI is InChI=1S/C14H14ClNO/c1-9-3-6-14(17-2)12(7-9)11-5-4-10(16)8-13(11)15/h3-8H,16H2,1-2H3. The van der Waals surface area contributed by atoms with Gasteiger partial charge in [0.25, 0.3) is 0 Å². The van der Waals surface area contributed by atoms with Gasteiger partial charge in [0.05, 0.1) is 12.1 Å². The minimum absolute atomic E-state index is 0.633. The normalized spacial score (nSPS) is 10.3. The van der Waals surface area contributed by atoms with Crippen LogP contribution in [0.4, 0.5) is 5.69 Å². The molecule has 2 N–H and O–H groups in total. The lowest BCUT2D eigenvalue weighted by Crippen LogP contribution is -1.91. The molecule has 2 aromatic rings. The Labute approximate surface area is 106 Å². The lowest BCUT2D eigenvalue weighted by atomic mass is 10.0. The van der Waals surface area contributed by atoms with Crippen molar-refractivity contribution >= 4 is 17.3 Å². The molecule has 88 valence electrons. The second-order valence-electron chi connectivity index (χ2n) is 3.94. The molecule has 0 aliphatic rings. The highest BCUT2D eigenvalue weighted by Crippen LogP contribution is 2.36. The van der Waals surface area contributed by atoms with Crippen LogP contribution in [0.25, 0.3) is 11.1 Å². The highest BCUT2D eigenvalue weighted by Gasteiger charge is 2.09. The number of hydrogen-bond acceptors (Lipinski definition) is 2. The first-order valence-corrected chi connectivity index (χ1v) is 5.69. The van der Waals surface area contributed by atoms with E-state index >= 15 is 0 Å². The SMILES string of the molecule is COc1ccc(C)cc1-c1ccc(N)cc1Cl. The number of hydrogen-bond donors (Lipinski definition) is 1. The molecule has 2 rings (SSSR count). The Balaban J connectivity index is 2.62. The lowest BCUT2D eigenvalue weighted by Gasteiger charge is -2.11. The summed E-state index contributed by atoms with van der Waals surface area (Å²) in [4.78, 5) is 0. The molecule has 0 unspecified atom stereocenters. The van der Waals surface area contributed by atoms with Gasteiger partial charge in [-0.15, -0.1) is 0 Å². The summed E-state index contributed by atoms with van der Waals surface area (Å²) in [6.07, 6.45) is 0. The largest absolute Gasteiger partial charge is 0.496 e. The zero-order valence-corrected chi connectivity index (χ0v) is 10.6. The first-order valence-electron chi connectivity index (χ1n) is 5.32. The molecule has 17 heavy (non-hydrogen) atoms. The molecule has 0 radical (unpaired) electrons. The summed E-state index contributed by atoms with van der Waals surface area (Å²) in [7, 11) is 1.65. The van der Waals surface area contributed by atoms with Crippen molar-refractivity contribution in [1.82, 2.24) is 0 Å². The van der Waals surface area contributed by atoms with Crippen LogP contribution >= 0.6 is 11.6 Å². The molecule has 0 atom stereocenters. The van der Waals surface area contributed by atoms with Crippen molar-refractivity contribution in [3.05, 3.63) is 47.0 Å². The molecule has 0 aliphatic carbocycles. The molecule has 0 saturated carbocycles. The maximum absolute atomic E-state index is 6.21. The van der Waals surface area contributed by atoms with Gasteiger partial charge in [0.2, 0.25) is 0 Å². The molecule has 0 aromatic heterocycles. The predicted molar refractivity (Wildman–Crippen MR) is 72.6 cm³/mol. The van der Waals surface area contributed by atoms with E-state index in [4.69, 9.17) is 22.1 Å². The Morgan fingerprint density at radius 1 is 1.06 bits per heavy atom. The van der Waals surface area contributed by atoms with Crippen LogP contribution in [0.1, 0.15) is 5.56 Å². The van der Waals surface area contributed by atoms with E-state index in [1.165, 1.54) is 0 Å². The Morgan fingerprint density at radius 2 is 1.82 bits per heavy atom. The van der Waals surface area contributed by atoms with Crippen molar-refractivity contribution in [3.8, 4) is 16.9 Å². The van der Waals surface area contributed by atoms with Crippen molar-refractivity contribution < 1.29 is 4.74 Å². The van der Waals surface area contributed by atoms with E-state index in [9.17, 15) is 0 Å². The molecule has 0 saturated heterocycles. The number of methoxy groups -OCH3 is 1. The Kier molecular flexibility index (Phi) is 3.25. The minimum Gasteiger partial charge on any atom is -0.496 e. The number of ether oxygens (including phenoxy) is 1. The highest BCUT2D eigenvalue weighted by molar-refractivity contribution is 6.33. The summed E-state index contributed by atoms with van der Waals surface area (Å²) in [6.45, 7) is 2.04. The molecule has 0 bridgehead atoms. The molecule has 3 heteroatoms. The van der Waals surface area contributed by atoms with Crippen LogP contribution < -0.4 is 10.5 Å². The monoisotopic (exact) mass is 247 g/mol. The van der Waals surface area contributed by atoms with Crippen molar-refractivity contribution in [1.29, 1.82) is 0 Å². The third-order valence-electron chi connectivity index (χ3n) is 2.64. The van der Waals surface area contributed by atoms with Crippen LogP contribution in [0, 0.1) is 6.92 Å². The van der Waals surface area contributed by atoms with Crippen LogP contribution in [-0.4, -0.2) is 7.11 Å². The maximum atomic E-state index is 6.21. The van der Waals surface area contributed by atoms with E-state index in [0.717, 1.165) is 22.4 Å². The second-order valence-corrected chi connectivity index (χ2v) is 4.35. The number of anilines is 1. The molecule has 0 spiro atoms. The van der Waals surface area contributed by atoms with Crippen LogP contribution in [-0.2, 0) is 0 Å². The first-order chi connectivity index (χ1) is 8.11. The van der Waals surface area contributed by atoms with Gasteiger partial charge < -0.3 is 10.5 Å². The van der Waals surface area contributed by atoms with E-state index in [0.29, 0.717) is 10.7 Å². The Bertz CT molecular complexity index is 552. The summed E-state index contributed by atoms with van der Waals surface area (Å²) in [5, 5.41) is 0.633. The third kappa shape index (κ3) is 2.37. The molecule has 2 aromatic carbocycles. The number of nitrogens with two attached hydrogens (primary N) is 1. The summed E-state index contributed by atoms with van der Waals surface area (Å²) in [6, 6.07) is 11.5. The van der Waals surface area contributed by atoms with E-state index in [1.54, 1.807) is 13.2 Å². The van der Waals surface area contributed by atoms with Gasteiger partial charge in [0, 0.05) is 16.8 Å². The number of nitrogen functional groups attached to an aromatic ring is 1. The van der Waals surface area contributed by atoms with Crippen LogP contribution in [0.15, 0.2) is 36.4 Å². The first kappa shape index (κ1) is 11.8. The topological polar surface area (TPSA) is 35.2 Å². The van der Waals surface area contributed by atoms with Gasteiger partial charge in [-0.3, -0.25) is 0 Å². The van der Waals surface area contributed by atoms with Crippen molar-refractivity contribution in [2.24, 2.45) is 0 Å². The van der Waals surface area contributed by atoms with Crippen molar-refractivity contribution in [3.63, 3.8) is 0 Å². The van der Waals surface area contributed by atoms with Gasteiger partial charge >= 0.3 is 0 Å². The third-order valence-corrected chi connectivity index (χ3v) is 2.95. The molecule has 0 aliphatic heterocycles. The van der Waals surface area contributed by atoms with Crippen molar-refractivity contribution in [2.75, 3.05) is 12.8 Å². The Hall–Kier alpha value is -1.67. The summed E-state index contributed by atoms with van der Waals surface area (Å²) >= 11 is 6.21. The number of halogens is 1. The fourth-order valence-corrected chi connectivity index (χ4v) is 2.07. The molecule has 0 heterocycles. The smallest absolute Gasteiger partial charge is 0.126 e. The minimum atomic E-state index is 0.633. The van der Waals surface area contributed by atoms with Gasteiger partial charge in [-0.05, 0) is 31.2 Å². The fraction of sp³-hybridized carbons (Fsp3) is 0.143. The van der Waals surface area contributed by atoms with Gasteiger partial charge in [0.1, 0.15) is 5.75 Å². The molecule has 0 amide bonds.